The summed E-state index contributed by atoms with van der Waals surface area (Å²) in [7, 11) is 0. The zero-order valence-electron chi connectivity index (χ0n) is 13.0. The Balaban J connectivity index is 2.01. The van der Waals surface area contributed by atoms with Crippen LogP contribution >= 0.6 is 11.8 Å². The van der Waals surface area contributed by atoms with E-state index in [1.165, 1.54) is 23.9 Å². The summed E-state index contributed by atoms with van der Waals surface area (Å²) in [4.78, 5) is 23.3. The smallest absolute Gasteiger partial charge is 0.269 e. The van der Waals surface area contributed by atoms with Crippen molar-refractivity contribution < 1.29 is 9.72 Å². The average molecular weight is 330 g/mol. The second kappa shape index (κ2) is 7.78. The van der Waals surface area contributed by atoms with Gasteiger partial charge in [-0.25, -0.2) is 0 Å². The highest BCUT2D eigenvalue weighted by molar-refractivity contribution is 8.00. The van der Waals surface area contributed by atoms with Crippen LogP contribution in [0.25, 0.3) is 0 Å². The monoisotopic (exact) mass is 330 g/mol. The van der Waals surface area contributed by atoms with Crippen molar-refractivity contribution in [3.63, 3.8) is 0 Å². The van der Waals surface area contributed by atoms with Crippen molar-refractivity contribution in [2.75, 3.05) is 5.32 Å². The first-order chi connectivity index (χ1) is 11.0. The van der Waals surface area contributed by atoms with Crippen LogP contribution in [0.1, 0.15) is 19.4 Å². The van der Waals surface area contributed by atoms with E-state index in [0.717, 1.165) is 22.6 Å². The van der Waals surface area contributed by atoms with E-state index < -0.39 is 4.92 Å². The summed E-state index contributed by atoms with van der Waals surface area (Å²) in [5.74, 6) is -0.0887. The van der Waals surface area contributed by atoms with Crippen molar-refractivity contribution in [1.82, 2.24) is 0 Å². The number of rotatable bonds is 6. The molecule has 0 unspecified atom stereocenters. The summed E-state index contributed by atoms with van der Waals surface area (Å²) < 4.78 is 0. The van der Waals surface area contributed by atoms with Gasteiger partial charge in [-0.3, -0.25) is 14.9 Å². The summed E-state index contributed by atoms with van der Waals surface area (Å²) in [6.45, 7) is 3.86. The standard InChI is InChI=1S/C17H18N2O3S/c1-3-13-6-4-5-7-16(13)18-17(20)12(2)23-15-10-8-14(9-11-15)19(21)22/h4-12H,3H2,1-2H3,(H,18,20)/t12-/m1/s1. The molecule has 2 rings (SSSR count). The lowest BCUT2D eigenvalue weighted by molar-refractivity contribution is -0.384. The zero-order valence-corrected chi connectivity index (χ0v) is 13.8. The number of thioether (sulfide) groups is 1. The largest absolute Gasteiger partial charge is 0.325 e. The van der Waals surface area contributed by atoms with Gasteiger partial charge in [-0.1, -0.05) is 25.1 Å². The Morgan fingerprint density at radius 3 is 2.48 bits per heavy atom. The molecule has 0 fully saturated rings. The topological polar surface area (TPSA) is 72.2 Å². The van der Waals surface area contributed by atoms with Gasteiger partial charge in [0.25, 0.3) is 5.69 Å². The Hall–Kier alpha value is -2.34. The number of non-ortho nitro benzene ring substituents is 1. The van der Waals surface area contributed by atoms with Crippen molar-refractivity contribution in [3.8, 4) is 0 Å². The summed E-state index contributed by atoms with van der Waals surface area (Å²) >= 11 is 1.37. The number of nitrogens with one attached hydrogen (secondary N) is 1. The van der Waals surface area contributed by atoms with Gasteiger partial charge in [0.15, 0.2) is 0 Å². The normalized spacial score (nSPS) is 11.7. The molecule has 1 N–H and O–H groups in total. The molecule has 6 heteroatoms. The molecule has 0 heterocycles. The van der Waals surface area contributed by atoms with Gasteiger partial charge in [-0.15, -0.1) is 11.8 Å². The Bertz CT molecular complexity index is 701. The fraction of sp³-hybridized carbons (Fsp3) is 0.235. The number of anilines is 1. The lowest BCUT2D eigenvalue weighted by atomic mass is 10.1. The van der Waals surface area contributed by atoms with Crippen LogP contribution in [-0.4, -0.2) is 16.1 Å². The summed E-state index contributed by atoms with van der Waals surface area (Å²) in [6, 6.07) is 13.9. The van der Waals surface area contributed by atoms with E-state index >= 15 is 0 Å². The fourth-order valence-electron chi connectivity index (χ4n) is 2.09. The second-order valence-electron chi connectivity index (χ2n) is 5.01. The predicted octanol–water partition coefficient (Wildman–Crippen LogP) is 4.28. The number of nitro groups is 1. The molecule has 5 nitrogen and oxygen atoms in total. The molecule has 0 aliphatic rings. The van der Waals surface area contributed by atoms with Crippen LogP contribution in [0.4, 0.5) is 11.4 Å². The van der Waals surface area contributed by atoms with E-state index in [4.69, 9.17) is 0 Å². The molecule has 0 saturated heterocycles. The first-order valence-electron chi connectivity index (χ1n) is 7.31. The molecule has 0 spiro atoms. The molecule has 23 heavy (non-hydrogen) atoms. The van der Waals surface area contributed by atoms with Crippen LogP contribution in [0.2, 0.25) is 0 Å². The Labute approximate surface area is 139 Å². The molecule has 2 aromatic carbocycles. The van der Waals surface area contributed by atoms with Crippen LogP contribution in [0.5, 0.6) is 0 Å². The fourth-order valence-corrected chi connectivity index (χ4v) is 2.96. The molecule has 0 saturated carbocycles. The van der Waals surface area contributed by atoms with E-state index in [1.54, 1.807) is 12.1 Å². The van der Waals surface area contributed by atoms with Crippen molar-refractivity contribution in [2.24, 2.45) is 0 Å². The molecule has 0 aliphatic carbocycles. The molecule has 0 aliphatic heterocycles. The lowest BCUT2D eigenvalue weighted by Crippen LogP contribution is -2.23. The van der Waals surface area contributed by atoms with E-state index in [1.807, 2.05) is 38.1 Å². The van der Waals surface area contributed by atoms with Gasteiger partial charge in [-0.05, 0) is 37.1 Å². The molecular formula is C17H18N2O3S. The van der Waals surface area contributed by atoms with E-state index in [9.17, 15) is 14.9 Å². The number of para-hydroxylation sites is 1. The number of benzene rings is 2. The van der Waals surface area contributed by atoms with Crippen molar-refractivity contribution in [1.29, 1.82) is 0 Å². The van der Waals surface area contributed by atoms with Crippen LogP contribution in [-0.2, 0) is 11.2 Å². The first kappa shape index (κ1) is 17.0. The maximum atomic E-state index is 12.3. The lowest BCUT2D eigenvalue weighted by Gasteiger charge is -2.14. The SMILES string of the molecule is CCc1ccccc1NC(=O)[C@@H](C)Sc1ccc([N+](=O)[O-])cc1. The van der Waals surface area contributed by atoms with Crippen molar-refractivity contribution in [3.05, 3.63) is 64.2 Å². The number of aryl methyl sites for hydroxylation is 1. The quantitative estimate of drug-likeness (QED) is 0.487. The highest BCUT2D eigenvalue weighted by Crippen LogP contribution is 2.26. The molecule has 2 aromatic rings. The highest BCUT2D eigenvalue weighted by Gasteiger charge is 2.16. The summed E-state index contributed by atoms with van der Waals surface area (Å²) in [5.41, 5.74) is 1.97. The number of hydrogen-bond donors (Lipinski definition) is 1. The summed E-state index contributed by atoms with van der Waals surface area (Å²) in [6.07, 6.45) is 0.848. The van der Waals surface area contributed by atoms with Crippen LogP contribution in [0.15, 0.2) is 53.4 Å². The minimum Gasteiger partial charge on any atom is -0.325 e. The van der Waals surface area contributed by atoms with Gasteiger partial charge in [0.05, 0.1) is 10.2 Å². The van der Waals surface area contributed by atoms with Crippen LogP contribution in [0.3, 0.4) is 0 Å². The molecular weight excluding hydrogens is 312 g/mol. The van der Waals surface area contributed by atoms with Crippen LogP contribution < -0.4 is 5.32 Å². The Morgan fingerprint density at radius 2 is 1.87 bits per heavy atom. The maximum absolute atomic E-state index is 12.3. The number of carbonyl (C=O) groups is 1. The van der Waals surface area contributed by atoms with E-state index in [-0.39, 0.29) is 16.8 Å². The second-order valence-corrected chi connectivity index (χ2v) is 6.43. The molecule has 0 aromatic heterocycles. The van der Waals surface area contributed by atoms with Gasteiger partial charge in [-0.2, -0.15) is 0 Å². The molecule has 120 valence electrons. The molecule has 1 atom stereocenters. The van der Waals surface area contributed by atoms with Crippen LogP contribution in [0, 0.1) is 10.1 Å². The summed E-state index contributed by atoms with van der Waals surface area (Å²) in [5, 5.41) is 13.3. The Morgan fingerprint density at radius 1 is 1.22 bits per heavy atom. The third-order valence-electron chi connectivity index (χ3n) is 3.39. The zero-order chi connectivity index (χ0) is 16.8. The highest BCUT2D eigenvalue weighted by atomic mass is 32.2. The third-order valence-corrected chi connectivity index (χ3v) is 4.50. The van der Waals surface area contributed by atoms with Gasteiger partial charge in [0.1, 0.15) is 0 Å². The van der Waals surface area contributed by atoms with Gasteiger partial charge < -0.3 is 5.32 Å². The Kier molecular flexibility index (Phi) is 5.76. The van der Waals surface area contributed by atoms with Gasteiger partial charge >= 0.3 is 0 Å². The van der Waals surface area contributed by atoms with Crippen molar-refractivity contribution in [2.45, 2.75) is 30.4 Å². The number of nitrogens with zero attached hydrogens (tertiary/aromatic N) is 1. The minimum absolute atomic E-state index is 0.0447. The molecule has 0 bridgehead atoms. The average Bonchev–Trinajstić information content (AvgIpc) is 2.55. The predicted molar refractivity (Wildman–Crippen MR) is 92.9 cm³/mol. The first-order valence-corrected chi connectivity index (χ1v) is 8.19. The maximum Gasteiger partial charge on any atom is 0.269 e. The number of amides is 1. The third kappa shape index (κ3) is 4.56. The number of nitro benzene ring substituents is 1. The van der Waals surface area contributed by atoms with Crippen molar-refractivity contribution >= 4 is 29.0 Å². The van der Waals surface area contributed by atoms with Gasteiger partial charge in [0.2, 0.25) is 5.91 Å². The van der Waals surface area contributed by atoms with Gasteiger partial charge in [0, 0.05) is 22.7 Å². The van der Waals surface area contributed by atoms with E-state index in [2.05, 4.69) is 5.32 Å². The van der Waals surface area contributed by atoms with E-state index in [0.29, 0.717) is 0 Å². The number of hydrogen-bond acceptors (Lipinski definition) is 4. The molecule has 0 radical (unpaired) electrons. The minimum atomic E-state index is -0.438. The molecule has 1 amide bonds. The number of carbonyl (C=O) groups excluding carboxylic acids is 1.